The number of nitriles is 1. The van der Waals surface area contributed by atoms with E-state index in [4.69, 9.17) is 5.11 Å². The third-order valence-electron chi connectivity index (χ3n) is 4.07. The lowest BCUT2D eigenvalue weighted by molar-refractivity contribution is -0.143. The molecule has 1 N–H and O–H groups in total. The van der Waals surface area contributed by atoms with Gasteiger partial charge in [-0.15, -0.1) is 0 Å². The van der Waals surface area contributed by atoms with Gasteiger partial charge in [0.25, 0.3) is 0 Å². The van der Waals surface area contributed by atoms with Gasteiger partial charge in [0.1, 0.15) is 6.04 Å². The number of likely N-dealkylation sites (tertiary alicyclic amines) is 1. The standard InChI is InChI=1S/C16H20N2O2/c1-2-12-3-5-13(6-4-12)15(11-17)18-9-7-14(8-10-18)16(19)20/h3-6,14-15H,2,7-10H2,1H3,(H,19,20). The molecule has 0 aliphatic carbocycles. The van der Waals surface area contributed by atoms with Crippen molar-refractivity contribution in [2.24, 2.45) is 5.92 Å². The van der Waals surface area contributed by atoms with Crippen LogP contribution in [-0.2, 0) is 11.2 Å². The van der Waals surface area contributed by atoms with E-state index in [2.05, 4.69) is 30.0 Å². The van der Waals surface area contributed by atoms with E-state index in [0.717, 1.165) is 12.0 Å². The summed E-state index contributed by atoms with van der Waals surface area (Å²) in [6.07, 6.45) is 2.24. The highest BCUT2D eigenvalue weighted by atomic mass is 16.4. The van der Waals surface area contributed by atoms with Crippen LogP contribution >= 0.6 is 0 Å². The fraction of sp³-hybridized carbons (Fsp3) is 0.500. The number of aryl methyl sites for hydroxylation is 1. The number of aliphatic carboxylic acids is 1. The number of benzene rings is 1. The van der Waals surface area contributed by atoms with E-state index in [0.29, 0.717) is 25.9 Å². The lowest BCUT2D eigenvalue weighted by Gasteiger charge is -2.33. The normalized spacial score (nSPS) is 18.4. The van der Waals surface area contributed by atoms with Gasteiger partial charge in [-0.1, -0.05) is 31.2 Å². The Bertz CT molecular complexity index is 496. The molecule has 0 radical (unpaired) electrons. The van der Waals surface area contributed by atoms with Gasteiger partial charge in [-0.25, -0.2) is 0 Å². The van der Waals surface area contributed by atoms with Crippen LogP contribution in [-0.4, -0.2) is 29.1 Å². The van der Waals surface area contributed by atoms with Gasteiger partial charge in [0, 0.05) is 13.1 Å². The van der Waals surface area contributed by atoms with E-state index in [1.165, 1.54) is 5.56 Å². The van der Waals surface area contributed by atoms with Gasteiger partial charge in [-0.05, 0) is 30.4 Å². The smallest absolute Gasteiger partial charge is 0.306 e. The Morgan fingerprint density at radius 1 is 1.40 bits per heavy atom. The summed E-state index contributed by atoms with van der Waals surface area (Å²) in [4.78, 5) is 13.0. The van der Waals surface area contributed by atoms with E-state index in [-0.39, 0.29) is 12.0 Å². The number of piperidine rings is 1. The Morgan fingerprint density at radius 3 is 2.45 bits per heavy atom. The second kappa shape index (κ2) is 6.53. The van der Waals surface area contributed by atoms with Crippen LogP contribution in [0.15, 0.2) is 24.3 Å². The molecule has 1 atom stereocenters. The van der Waals surface area contributed by atoms with Crippen LogP contribution in [0, 0.1) is 17.2 Å². The quantitative estimate of drug-likeness (QED) is 0.915. The molecule has 1 fully saturated rings. The van der Waals surface area contributed by atoms with Gasteiger partial charge in [-0.3, -0.25) is 9.69 Å². The van der Waals surface area contributed by atoms with Crippen LogP contribution in [0.1, 0.15) is 36.9 Å². The van der Waals surface area contributed by atoms with Crippen molar-refractivity contribution in [3.05, 3.63) is 35.4 Å². The Morgan fingerprint density at radius 2 is 2.00 bits per heavy atom. The highest BCUT2D eigenvalue weighted by molar-refractivity contribution is 5.70. The van der Waals surface area contributed by atoms with Gasteiger partial charge in [-0.2, -0.15) is 5.26 Å². The summed E-state index contributed by atoms with van der Waals surface area (Å²) in [7, 11) is 0. The monoisotopic (exact) mass is 272 g/mol. The van der Waals surface area contributed by atoms with Crippen LogP contribution < -0.4 is 0 Å². The molecular weight excluding hydrogens is 252 g/mol. The number of carboxylic acid groups (broad SMARTS) is 1. The van der Waals surface area contributed by atoms with Crippen LogP contribution in [0.2, 0.25) is 0 Å². The zero-order valence-corrected chi connectivity index (χ0v) is 11.7. The minimum Gasteiger partial charge on any atom is -0.481 e. The minimum absolute atomic E-state index is 0.256. The molecule has 0 aromatic heterocycles. The van der Waals surface area contributed by atoms with Crippen molar-refractivity contribution in [2.75, 3.05) is 13.1 Å². The second-order valence-electron chi connectivity index (χ2n) is 5.28. The zero-order chi connectivity index (χ0) is 14.5. The molecule has 1 aliphatic heterocycles. The van der Waals surface area contributed by atoms with Crippen molar-refractivity contribution in [1.29, 1.82) is 5.26 Å². The Hall–Kier alpha value is -1.86. The Balaban J connectivity index is 2.05. The summed E-state index contributed by atoms with van der Waals surface area (Å²) in [5.74, 6) is -0.974. The van der Waals surface area contributed by atoms with Crippen molar-refractivity contribution in [3.8, 4) is 6.07 Å². The molecular formula is C16H20N2O2. The number of hydrogen-bond donors (Lipinski definition) is 1. The molecule has 1 aromatic rings. The van der Waals surface area contributed by atoms with Crippen molar-refractivity contribution >= 4 is 5.97 Å². The molecule has 4 heteroatoms. The highest BCUT2D eigenvalue weighted by Crippen LogP contribution is 2.26. The van der Waals surface area contributed by atoms with Gasteiger partial charge in [0.15, 0.2) is 0 Å². The van der Waals surface area contributed by atoms with E-state index in [1.54, 1.807) is 0 Å². The fourth-order valence-corrected chi connectivity index (χ4v) is 2.71. The number of carbonyl (C=O) groups is 1. The predicted molar refractivity (Wildman–Crippen MR) is 76.1 cm³/mol. The van der Waals surface area contributed by atoms with Gasteiger partial charge in [0.05, 0.1) is 12.0 Å². The average Bonchev–Trinajstić information content (AvgIpc) is 2.49. The van der Waals surface area contributed by atoms with Gasteiger partial charge >= 0.3 is 5.97 Å². The summed E-state index contributed by atoms with van der Waals surface area (Å²) >= 11 is 0. The fourth-order valence-electron chi connectivity index (χ4n) is 2.71. The molecule has 0 bridgehead atoms. The summed E-state index contributed by atoms with van der Waals surface area (Å²) in [5, 5.41) is 18.4. The first-order valence-electron chi connectivity index (χ1n) is 7.11. The van der Waals surface area contributed by atoms with Gasteiger partial charge < -0.3 is 5.11 Å². The molecule has 106 valence electrons. The number of carboxylic acids is 1. The van der Waals surface area contributed by atoms with Crippen molar-refractivity contribution in [3.63, 3.8) is 0 Å². The molecule has 2 rings (SSSR count). The maximum atomic E-state index is 11.0. The van der Waals surface area contributed by atoms with Crippen molar-refractivity contribution in [2.45, 2.75) is 32.2 Å². The predicted octanol–water partition coefficient (Wildman–Crippen LogP) is 2.61. The lowest BCUT2D eigenvalue weighted by atomic mass is 9.94. The van der Waals surface area contributed by atoms with E-state index in [1.807, 2.05) is 12.1 Å². The third kappa shape index (κ3) is 3.17. The SMILES string of the molecule is CCc1ccc(C(C#N)N2CCC(C(=O)O)CC2)cc1. The summed E-state index contributed by atoms with van der Waals surface area (Å²) in [5.41, 5.74) is 2.26. The Labute approximate surface area is 119 Å². The van der Waals surface area contributed by atoms with Gasteiger partial charge in [0.2, 0.25) is 0 Å². The maximum absolute atomic E-state index is 11.0. The van der Waals surface area contributed by atoms with Crippen LogP contribution in [0.25, 0.3) is 0 Å². The second-order valence-corrected chi connectivity index (χ2v) is 5.28. The van der Waals surface area contributed by atoms with Crippen LogP contribution in [0.3, 0.4) is 0 Å². The molecule has 1 aromatic carbocycles. The maximum Gasteiger partial charge on any atom is 0.306 e. The lowest BCUT2D eigenvalue weighted by Crippen LogP contribution is -2.38. The number of nitrogens with zero attached hydrogens (tertiary/aromatic N) is 2. The molecule has 1 saturated heterocycles. The molecule has 1 heterocycles. The molecule has 1 unspecified atom stereocenters. The highest BCUT2D eigenvalue weighted by Gasteiger charge is 2.29. The summed E-state index contributed by atoms with van der Waals surface area (Å²) < 4.78 is 0. The Kier molecular flexibility index (Phi) is 4.75. The van der Waals surface area contributed by atoms with E-state index < -0.39 is 5.97 Å². The molecule has 0 saturated carbocycles. The van der Waals surface area contributed by atoms with Crippen molar-refractivity contribution in [1.82, 2.24) is 4.90 Å². The third-order valence-corrected chi connectivity index (χ3v) is 4.07. The molecule has 0 spiro atoms. The first-order chi connectivity index (χ1) is 9.65. The first-order valence-corrected chi connectivity index (χ1v) is 7.11. The average molecular weight is 272 g/mol. The minimum atomic E-state index is -0.717. The largest absolute Gasteiger partial charge is 0.481 e. The van der Waals surface area contributed by atoms with Crippen molar-refractivity contribution < 1.29 is 9.90 Å². The molecule has 0 amide bonds. The molecule has 4 nitrogen and oxygen atoms in total. The van der Waals surface area contributed by atoms with E-state index in [9.17, 15) is 10.1 Å². The van der Waals surface area contributed by atoms with Crippen LogP contribution in [0.4, 0.5) is 0 Å². The summed E-state index contributed by atoms with van der Waals surface area (Å²) in [6.45, 7) is 3.45. The zero-order valence-electron chi connectivity index (χ0n) is 11.7. The first kappa shape index (κ1) is 14.5. The number of hydrogen-bond acceptors (Lipinski definition) is 3. The molecule has 1 aliphatic rings. The van der Waals surface area contributed by atoms with Crippen LogP contribution in [0.5, 0.6) is 0 Å². The van der Waals surface area contributed by atoms with E-state index >= 15 is 0 Å². The molecule has 20 heavy (non-hydrogen) atoms. The summed E-state index contributed by atoms with van der Waals surface area (Å²) in [6, 6.07) is 10.2. The number of rotatable bonds is 4. The topological polar surface area (TPSA) is 64.3 Å².